The highest BCUT2D eigenvalue weighted by molar-refractivity contribution is 5.63. The molecular weight excluding hydrogens is 156 g/mol. The molecule has 1 rings (SSSR count). The third kappa shape index (κ3) is 1.15. The minimum atomic E-state index is -1.70. The smallest absolute Gasteiger partial charge is 0.416 e. The van der Waals surface area contributed by atoms with Crippen molar-refractivity contribution in [3.63, 3.8) is 0 Å². The van der Waals surface area contributed by atoms with Gasteiger partial charge in [0.05, 0.1) is 13.2 Å². The molecule has 0 amide bonds. The summed E-state index contributed by atoms with van der Waals surface area (Å²) in [4.78, 5) is 10.4. The molecule has 0 aromatic rings. The number of hydrogen-bond donors (Lipinski definition) is 3. The van der Waals surface area contributed by atoms with Crippen molar-refractivity contribution >= 4 is 6.16 Å². The number of carbonyl (C=O) groups excluding carboxylic acids is 1. The van der Waals surface area contributed by atoms with Gasteiger partial charge in [0.25, 0.3) is 0 Å². The molecule has 1 aliphatic heterocycles. The van der Waals surface area contributed by atoms with Crippen LogP contribution in [-0.2, 0) is 9.47 Å². The van der Waals surface area contributed by atoms with E-state index in [-0.39, 0.29) is 0 Å². The SMILES string of the molecule is O=C1OC(O)C(CO)(CO)O1. The molecule has 0 spiro atoms. The maximum Gasteiger partial charge on any atom is 0.511 e. The topological polar surface area (TPSA) is 96.2 Å². The number of carbonyl (C=O) groups is 1. The highest BCUT2D eigenvalue weighted by Crippen LogP contribution is 2.24. The zero-order valence-electron chi connectivity index (χ0n) is 5.56. The Bertz CT molecular complexity index is 162. The largest absolute Gasteiger partial charge is 0.511 e. The molecule has 0 aromatic carbocycles. The van der Waals surface area contributed by atoms with Crippen LogP contribution in [0.25, 0.3) is 0 Å². The van der Waals surface area contributed by atoms with Crippen LogP contribution in [0.3, 0.4) is 0 Å². The molecule has 11 heavy (non-hydrogen) atoms. The maximum absolute atomic E-state index is 10.4. The molecule has 1 saturated heterocycles. The first-order valence-corrected chi connectivity index (χ1v) is 2.94. The molecule has 0 bridgehead atoms. The second-order valence-corrected chi connectivity index (χ2v) is 2.20. The first kappa shape index (κ1) is 8.25. The fourth-order valence-corrected chi connectivity index (χ4v) is 0.710. The van der Waals surface area contributed by atoms with Crippen molar-refractivity contribution in [1.29, 1.82) is 0 Å². The molecule has 0 aliphatic carbocycles. The summed E-state index contributed by atoms with van der Waals surface area (Å²) in [7, 11) is 0. The normalized spacial score (nSPS) is 27.9. The molecule has 0 radical (unpaired) electrons. The van der Waals surface area contributed by atoms with E-state index in [0.29, 0.717) is 0 Å². The first-order valence-electron chi connectivity index (χ1n) is 2.94. The van der Waals surface area contributed by atoms with Gasteiger partial charge in [-0.2, -0.15) is 0 Å². The Morgan fingerprint density at radius 3 is 2.18 bits per heavy atom. The van der Waals surface area contributed by atoms with Crippen LogP contribution in [0.15, 0.2) is 0 Å². The number of rotatable bonds is 2. The van der Waals surface area contributed by atoms with E-state index >= 15 is 0 Å². The first-order chi connectivity index (χ1) is 5.14. The number of hydrogen-bond acceptors (Lipinski definition) is 6. The molecular formula is C5H8O6. The van der Waals surface area contributed by atoms with Crippen molar-refractivity contribution in [2.75, 3.05) is 13.2 Å². The van der Waals surface area contributed by atoms with Gasteiger partial charge < -0.3 is 24.8 Å². The minimum absolute atomic E-state index is 0.684. The summed E-state index contributed by atoms with van der Waals surface area (Å²) in [6.45, 7) is -1.37. The highest BCUT2D eigenvalue weighted by Gasteiger charge is 2.50. The molecule has 1 atom stereocenters. The van der Waals surface area contributed by atoms with Crippen molar-refractivity contribution < 1.29 is 29.6 Å². The zero-order chi connectivity index (χ0) is 8.48. The second kappa shape index (κ2) is 2.65. The van der Waals surface area contributed by atoms with Gasteiger partial charge in [0.15, 0.2) is 0 Å². The van der Waals surface area contributed by atoms with Crippen LogP contribution in [0.2, 0.25) is 0 Å². The van der Waals surface area contributed by atoms with E-state index in [4.69, 9.17) is 15.3 Å². The lowest BCUT2D eigenvalue weighted by Gasteiger charge is -2.21. The van der Waals surface area contributed by atoms with Gasteiger partial charge in [-0.3, -0.25) is 0 Å². The van der Waals surface area contributed by atoms with Crippen LogP contribution in [0.5, 0.6) is 0 Å². The number of aliphatic hydroxyl groups is 3. The minimum Gasteiger partial charge on any atom is -0.416 e. The molecule has 1 aliphatic rings. The summed E-state index contributed by atoms with van der Waals surface area (Å²) in [5.41, 5.74) is -1.70. The monoisotopic (exact) mass is 164 g/mol. The molecule has 1 fully saturated rings. The lowest BCUT2D eigenvalue weighted by molar-refractivity contribution is -0.140. The molecule has 6 heteroatoms. The number of aliphatic hydroxyl groups excluding tert-OH is 3. The van der Waals surface area contributed by atoms with Crippen LogP contribution in [0, 0.1) is 0 Å². The Hall–Kier alpha value is -0.850. The third-order valence-corrected chi connectivity index (χ3v) is 1.48. The van der Waals surface area contributed by atoms with Crippen LogP contribution >= 0.6 is 0 Å². The Labute approximate surface area is 62.0 Å². The lowest BCUT2D eigenvalue weighted by atomic mass is 10.1. The van der Waals surface area contributed by atoms with E-state index < -0.39 is 31.3 Å². The average molecular weight is 164 g/mol. The van der Waals surface area contributed by atoms with Crippen LogP contribution < -0.4 is 0 Å². The van der Waals surface area contributed by atoms with E-state index in [1.165, 1.54) is 0 Å². The van der Waals surface area contributed by atoms with Gasteiger partial charge in [-0.1, -0.05) is 0 Å². The van der Waals surface area contributed by atoms with Gasteiger partial charge >= 0.3 is 6.16 Å². The fourth-order valence-electron chi connectivity index (χ4n) is 0.710. The number of ether oxygens (including phenoxy) is 2. The Morgan fingerprint density at radius 1 is 1.45 bits per heavy atom. The standard InChI is InChI=1S/C5H8O6/c6-1-5(2-7)3(8)10-4(9)11-5/h3,6-8H,1-2H2. The van der Waals surface area contributed by atoms with Gasteiger partial charge in [-0.25, -0.2) is 4.79 Å². The summed E-state index contributed by atoms with van der Waals surface area (Å²) in [6.07, 6.45) is -2.70. The van der Waals surface area contributed by atoms with E-state index in [0.717, 1.165) is 0 Å². The van der Waals surface area contributed by atoms with Crippen molar-refractivity contribution in [3.05, 3.63) is 0 Å². The lowest BCUT2D eigenvalue weighted by Crippen LogP contribution is -2.46. The molecule has 1 unspecified atom stereocenters. The third-order valence-electron chi connectivity index (χ3n) is 1.48. The average Bonchev–Trinajstić information content (AvgIpc) is 2.27. The van der Waals surface area contributed by atoms with Crippen LogP contribution in [-0.4, -0.2) is 46.6 Å². The molecule has 1 heterocycles. The molecule has 0 saturated carbocycles. The summed E-state index contributed by atoms with van der Waals surface area (Å²) < 4.78 is 8.48. The second-order valence-electron chi connectivity index (χ2n) is 2.20. The van der Waals surface area contributed by atoms with Crippen LogP contribution in [0.4, 0.5) is 4.79 Å². The van der Waals surface area contributed by atoms with Gasteiger partial charge in [0, 0.05) is 0 Å². The van der Waals surface area contributed by atoms with Crippen LogP contribution in [0.1, 0.15) is 0 Å². The summed E-state index contributed by atoms with van der Waals surface area (Å²) in [6, 6.07) is 0. The van der Waals surface area contributed by atoms with Gasteiger partial charge in [-0.05, 0) is 0 Å². The van der Waals surface area contributed by atoms with E-state index in [9.17, 15) is 4.79 Å². The quantitative estimate of drug-likeness (QED) is 0.416. The van der Waals surface area contributed by atoms with Crippen molar-refractivity contribution in [3.8, 4) is 0 Å². The van der Waals surface area contributed by atoms with Gasteiger partial charge in [0.2, 0.25) is 11.9 Å². The Balaban J connectivity index is 2.75. The summed E-state index contributed by atoms with van der Waals surface area (Å²) in [5.74, 6) is 0. The Morgan fingerprint density at radius 2 is 2.00 bits per heavy atom. The van der Waals surface area contributed by atoms with Gasteiger partial charge in [0.1, 0.15) is 0 Å². The molecule has 64 valence electrons. The van der Waals surface area contributed by atoms with E-state index in [2.05, 4.69) is 9.47 Å². The summed E-state index contributed by atoms with van der Waals surface area (Å²) in [5, 5.41) is 26.2. The van der Waals surface area contributed by atoms with Crippen molar-refractivity contribution in [1.82, 2.24) is 0 Å². The van der Waals surface area contributed by atoms with Crippen molar-refractivity contribution in [2.45, 2.75) is 11.9 Å². The van der Waals surface area contributed by atoms with E-state index in [1.807, 2.05) is 0 Å². The number of cyclic esters (lactones) is 2. The predicted molar refractivity (Wildman–Crippen MR) is 30.5 cm³/mol. The fraction of sp³-hybridized carbons (Fsp3) is 0.800. The highest BCUT2D eigenvalue weighted by atomic mass is 16.8. The summed E-state index contributed by atoms with van der Waals surface area (Å²) >= 11 is 0. The molecule has 0 aromatic heterocycles. The maximum atomic E-state index is 10.4. The Kier molecular flexibility index (Phi) is 1.99. The van der Waals surface area contributed by atoms with Crippen molar-refractivity contribution in [2.24, 2.45) is 0 Å². The predicted octanol–water partition coefficient (Wildman–Crippen LogP) is -1.80. The molecule has 3 N–H and O–H groups in total. The zero-order valence-corrected chi connectivity index (χ0v) is 5.56. The molecule has 6 nitrogen and oxygen atoms in total. The van der Waals surface area contributed by atoms with Gasteiger partial charge in [-0.15, -0.1) is 0 Å². The van der Waals surface area contributed by atoms with E-state index in [1.54, 1.807) is 0 Å².